The van der Waals surface area contributed by atoms with Crippen LogP contribution in [0.2, 0.25) is 0 Å². The third-order valence-electron chi connectivity index (χ3n) is 2.67. The monoisotopic (exact) mass is 338 g/mol. The number of rotatable bonds is 5. The molecular weight excluding hydrogens is 324 g/mol. The summed E-state index contributed by atoms with van der Waals surface area (Å²) in [7, 11) is 3.30. The summed E-state index contributed by atoms with van der Waals surface area (Å²) < 4.78 is 11.6. The Labute approximate surface area is 126 Å². The standard InChI is InChI=1S/C15H15BrO2S/c1-17-14-8-3-11(9-15(14)18-2)10-19-13-6-4-12(16)5-7-13/h3-9H,10H2,1-2H3. The smallest absolute Gasteiger partial charge is 0.161 e. The van der Waals surface area contributed by atoms with E-state index in [0.29, 0.717) is 0 Å². The first kappa shape index (κ1) is 14.3. The Hall–Kier alpha value is -1.13. The van der Waals surface area contributed by atoms with Crippen LogP contribution in [0.25, 0.3) is 0 Å². The van der Waals surface area contributed by atoms with Crippen LogP contribution in [-0.4, -0.2) is 14.2 Å². The molecule has 0 atom stereocenters. The highest BCUT2D eigenvalue weighted by Crippen LogP contribution is 2.31. The molecule has 0 aromatic heterocycles. The molecule has 19 heavy (non-hydrogen) atoms. The summed E-state index contributed by atoms with van der Waals surface area (Å²) in [4.78, 5) is 1.25. The Bertz CT molecular complexity index is 540. The van der Waals surface area contributed by atoms with Crippen LogP contribution >= 0.6 is 27.7 Å². The van der Waals surface area contributed by atoms with E-state index in [4.69, 9.17) is 9.47 Å². The third kappa shape index (κ3) is 3.91. The van der Waals surface area contributed by atoms with E-state index in [0.717, 1.165) is 21.7 Å². The van der Waals surface area contributed by atoms with Gasteiger partial charge >= 0.3 is 0 Å². The van der Waals surface area contributed by atoms with Crippen LogP contribution in [0.3, 0.4) is 0 Å². The average molecular weight is 339 g/mol. The van der Waals surface area contributed by atoms with Crippen LogP contribution in [0.1, 0.15) is 5.56 Å². The summed E-state index contributed by atoms with van der Waals surface area (Å²) in [6.07, 6.45) is 0. The van der Waals surface area contributed by atoms with Crippen LogP contribution in [-0.2, 0) is 5.75 Å². The van der Waals surface area contributed by atoms with Crippen molar-refractivity contribution in [2.45, 2.75) is 10.6 Å². The molecule has 0 aliphatic heterocycles. The third-order valence-corrected chi connectivity index (χ3v) is 4.28. The Morgan fingerprint density at radius 2 is 1.63 bits per heavy atom. The van der Waals surface area contributed by atoms with E-state index in [1.165, 1.54) is 10.5 Å². The lowest BCUT2D eigenvalue weighted by atomic mass is 10.2. The van der Waals surface area contributed by atoms with Gasteiger partial charge in [0.05, 0.1) is 14.2 Å². The van der Waals surface area contributed by atoms with Gasteiger partial charge in [-0.3, -0.25) is 0 Å². The lowest BCUT2D eigenvalue weighted by Crippen LogP contribution is -1.91. The van der Waals surface area contributed by atoms with Gasteiger partial charge in [-0.05, 0) is 42.0 Å². The zero-order valence-corrected chi connectivity index (χ0v) is 13.3. The molecule has 2 aromatic carbocycles. The maximum atomic E-state index is 5.30. The molecule has 0 amide bonds. The molecule has 0 saturated heterocycles. The molecular formula is C15H15BrO2S. The minimum atomic E-state index is 0.764. The van der Waals surface area contributed by atoms with Gasteiger partial charge in [0.15, 0.2) is 11.5 Å². The molecule has 2 aromatic rings. The normalized spacial score (nSPS) is 10.3. The van der Waals surface area contributed by atoms with Crippen LogP contribution in [0.15, 0.2) is 51.8 Å². The van der Waals surface area contributed by atoms with Crippen molar-refractivity contribution in [3.05, 3.63) is 52.5 Å². The Morgan fingerprint density at radius 1 is 0.947 bits per heavy atom. The molecule has 0 unspecified atom stereocenters. The van der Waals surface area contributed by atoms with Crippen molar-refractivity contribution in [2.24, 2.45) is 0 Å². The number of halogens is 1. The molecule has 2 nitrogen and oxygen atoms in total. The second kappa shape index (κ2) is 6.87. The minimum Gasteiger partial charge on any atom is -0.493 e. The molecule has 0 bridgehead atoms. The highest BCUT2D eigenvalue weighted by Gasteiger charge is 2.05. The van der Waals surface area contributed by atoms with Crippen molar-refractivity contribution < 1.29 is 9.47 Å². The summed E-state index contributed by atoms with van der Waals surface area (Å²) in [5.74, 6) is 2.44. The van der Waals surface area contributed by atoms with Gasteiger partial charge in [-0.2, -0.15) is 0 Å². The van der Waals surface area contributed by atoms with Gasteiger partial charge in [0.25, 0.3) is 0 Å². The van der Waals surface area contributed by atoms with Gasteiger partial charge < -0.3 is 9.47 Å². The Morgan fingerprint density at radius 3 is 2.26 bits per heavy atom. The van der Waals surface area contributed by atoms with E-state index in [-0.39, 0.29) is 0 Å². The fourth-order valence-corrected chi connectivity index (χ4v) is 2.77. The summed E-state index contributed by atoms with van der Waals surface area (Å²) in [6, 6.07) is 14.3. The summed E-state index contributed by atoms with van der Waals surface area (Å²) in [5, 5.41) is 0. The molecule has 100 valence electrons. The van der Waals surface area contributed by atoms with Gasteiger partial charge in [0.2, 0.25) is 0 Å². The van der Waals surface area contributed by atoms with Crippen molar-refractivity contribution in [1.29, 1.82) is 0 Å². The molecule has 0 aliphatic carbocycles. The van der Waals surface area contributed by atoms with E-state index < -0.39 is 0 Å². The molecule has 0 radical (unpaired) electrons. The predicted molar refractivity (Wildman–Crippen MR) is 83.2 cm³/mol. The van der Waals surface area contributed by atoms with E-state index >= 15 is 0 Å². The number of hydrogen-bond donors (Lipinski definition) is 0. The van der Waals surface area contributed by atoms with Gasteiger partial charge in [0, 0.05) is 15.1 Å². The number of thioether (sulfide) groups is 1. The summed E-state index contributed by atoms with van der Waals surface area (Å²) >= 11 is 5.23. The fraction of sp³-hybridized carbons (Fsp3) is 0.200. The largest absolute Gasteiger partial charge is 0.493 e. The predicted octanol–water partition coefficient (Wildman–Crippen LogP) is 4.76. The van der Waals surface area contributed by atoms with Crippen molar-refractivity contribution >= 4 is 27.7 Å². The van der Waals surface area contributed by atoms with Crippen molar-refractivity contribution in [3.8, 4) is 11.5 Å². The van der Waals surface area contributed by atoms with E-state index in [9.17, 15) is 0 Å². The molecule has 0 heterocycles. The van der Waals surface area contributed by atoms with Gasteiger partial charge in [-0.15, -0.1) is 11.8 Å². The number of hydrogen-bond acceptors (Lipinski definition) is 3. The van der Waals surface area contributed by atoms with Gasteiger partial charge in [-0.25, -0.2) is 0 Å². The zero-order chi connectivity index (χ0) is 13.7. The van der Waals surface area contributed by atoms with E-state index in [1.807, 2.05) is 12.1 Å². The zero-order valence-electron chi connectivity index (χ0n) is 10.9. The van der Waals surface area contributed by atoms with Gasteiger partial charge in [0.1, 0.15) is 0 Å². The van der Waals surface area contributed by atoms with E-state index in [1.54, 1.807) is 26.0 Å². The van der Waals surface area contributed by atoms with Crippen molar-refractivity contribution in [3.63, 3.8) is 0 Å². The topological polar surface area (TPSA) is 18.5 Å². The van der Waals surface area contributed by atoms with Crippen molar-refractivity contribution in [2.75, 3.05) is 14.2 Å². The second-order valence-corrected chi connectivity index (χ2v) is 5.90. The van der Waals surface area contributed by atoms with E-state index in [2.05, 4.69) is 46.3 Å². The first-order valence-electron chi connectivity index (χ1n) is 5.82. The van der Waals surface area contributed by atoms with Crippen LogP contribution in [0.5, 0.6) is 11.5 Å². The number of ether oxygens (including phenoxy) is 2. The van der Waals surface area contributed by atoms with Gasteiger partial charge in [-0.1, -0.05) is 22.0 Å². The maximum absolute atomic E-state index is 5.30. The SMILES string of the molecule is COc1ccc(CSc2ccc(Br)cc2)cc1OC. The van der Waals surface area contributed by atoms with Crippen molar-refractivity contribution in [1.82, 2.24) is 0 Å². The molecule has 2 rings (SSSR count). The number of benzene rings is 2. The first-order valence-corrected chi connectivity index (χ1v) is 7.60. The summed E-state index contributed by atoms with van der Waals surface area (Å²) in [5.41, 5.74) is 1.21. The van der Waals surface area contributed by atoms with Crippen LogP contribution in [0.4, 0.5) is 0 Å². The van der Waals surface area contributed by atoms with Crippen LogP contribution < -0.4 is 9.47 Å². The molecule has 0 saturated carbocycles. The van der Waals surface area contributed by atoms with Crippen LogP contribution in [0, 0.1) is 0 Å². The Balaban J connectivity index is 2.05. The molecule has 0 N–H and O–H groups in total. The molecule has 4 heteroatoms. The molecule has 0 aliphatic rings. The maximum Gasteiger partial charge on any atom is 0.161 e. The number of methoxy groups -OCH3 is 2. The highest BCUT2D eigenvalue weighted by molar-refractivity contribution is 9.10. The highest BCUT2D eigenvalue weighted by atomic mass is 79.9. The molecule has 0 spiro atoms. The second-order valence-electron chi connectivity index (χ2n) is 3.93. The first-order chi connectivity index (χ1) is 9.22. The summed E-state index contributed by atoms with van der Waals surface area (Å²) in [6.45, 7) is 0. The quantitative estimate of drug-likeness (QED) is 0.732. The fourth-order valence-electron chi connectivity index (χ4n) is 1.67. The lowest BCUT2D eigenvalue weighted by molar-refractivity contribution is 0.354. The minimum absolute atomic E-state index is 0.764. The average Bonchev–Trinajstić information content (AvgIpc) is 2.46. The Kier molecular flexibility index (Phi) is 5.16. The molecule has 0 fully saturated rings. The lowest BCUT2D eigenvalue weighted by Gasteiger charge is -2.09.